The molecule has 0 saturated heterocycles. The first-order valence-corrected chi connectivity index (χ1v) is 8.07. The van der Waals surface area contributed by atoms with Crippen molar-refractivity contribution in [3.63, 3.8) is 0 Å². The molecule has 1 fully saturated rings. The summed E-state index contributed by atoms with van der Waals surface area (Å²) in [4.78, 5) is 12.6. The van der Waals surface area contributed by atoms with Gasteiger partial charge >= 0.3 is 5.97 Å². The van der Waals surface area contributed by atoms with Crippen LogP contribution in [0.25, 0.3) is 0 Å². The zero-order chi connectivity index (χ0) is 15.5. The maximum atomic E-state index is 12.6. The molecule has 1 atom stereocenters. The number of hydrogen-bond acceptors (Lipinski definition) is 3. The van der Waals surface area contributed by atoms with Crippen molar-refractivity contribution in [1.82, 2.24) is 0 Å². The minimum Gasteiger partial charge on any atom is -0.508 e. The highest BCUT2D eigenvalue weighted by Crippen LogP contribution is 2.37. The number of carbonyl (C=O) groups excluding carboxylic acids is 1. The fourth-order valence-electron chi connectivity index (χ4n) is 3.17. The molecule has 0 amide bonds. The highest BCUT2D eigenvalue weighted by Gasteiger charge is 2.36. The third-order valence-corrected chi connectivity index (χ3v) is 4.87. The molecule has 1 aromatic carbocycles. The minimum absolute atomic E-state index is 0.117. The molecular formula is C18H26O3. The van der Waals surface area contributed by atoms with E-state index >= 15 is 0 Å². The Morgan fingerprint density at radius 2 is 2.00 bits per heavy atom. The molecule has 2 rings (SSSR count). The van der Waals surface area contributed by atoms with Crippen molar-refractivity contribution in [2.45, 2.75) is 70.8 Å². The van der Waals surface area contributed by atoms with Gasteiger partial charge in [-0.1, -0.05) is 26.8 Å². The van der Waals surface area contributed by atoms with E-state index in [0.29, 0.717) is 5.56 Å². The van der Waals surface area contributed by atoms with Crippen molar-refractivity contribution in [3.8, 4) is 5.75 Å². The number of phenols is 1. The lowest BCUT2D eigenvalue weighted by molar-refractivity contribution is -0.0174. The predicted octanol–water partition coefficient (Wildman–Crippen LogP) is 4.79. The Bertz CT molecular complexity index is 501. The van der Waals surface area contributed by atoms with E-state index in [-0.39, 0.29) is 23.2 Å². The fraction of sp³-hybridized carbons (Fsp3) is 0.611. The van der Waals surface area contributed by atoms with Gasteiger partial charge < -0.3 is 9.84 Å². The molecule has 3 heteroatoms. The van der Waals surface area contributed by atoms with Gasteiger partial charge in [-0.2, -0.15) is 0 Å². The van der Waals surface area contributed by atoms with Gasteiger partial charge in [0.2, 0.25) is 0 Å². The summed E-state index contributed by atoms with van der Waals surface area (Å²) in [5, 5.41) is 9.72. The monoisotopic (exact) mass is 290 g/mol. The van der Waals surface area contributed by atoms with E-state index in [1.54, 1.807) is 12.1 Å². The normalized spacial score (nSPS) is 18.4. The number of benzene rings is 1. The van der Waals surface area contributed by atoms with Crippen LogP contribution in [0.15, 0.2) is 18.2 Å². The zero-order valence-corrected chi connectivity index (χ0v) is 13.3. The number of rotatable bonds is 5. The second-order valence-corrected chi connectivity index (χ2v) is 6.21. The van der Waals surface area contributed by atoms with Gasteiger partial charge in [-0.25, -0.2) is 4.79 Å². The van der Waals surface area contributed by atoms with Gasteiger partial charge in [0, 0.05) is 0 Å². The third-order valence-electron chi connectivity index (χ3n) is 4.87. The Labute approximate surface area is 127 Å². The van der Waals surface area contributed by atoms with Crippen LogP contribution >= 0.6 is 0 Å². The van der Waals surface area contributed by atoms with E-state index in [1.165, 1.54) is 0 Å². The highest BCUT2D eigenvalue weighted by molar-refractivity contribution is 5.92. The van der Waals surface area contributed by atoms with Crippen LogP contribution < -0.4 is 0 Å². The van der Waals surface area contributed by atoms with E-state index in [2.05, 4.69) is 20.8 Å². The van der Waals surface area contributed by atoms with Crippen molar-refractivity contribution in [2.24, 2.45) is 0 Å². The molecule has 1 saturated carbocycles. The average molecular weight is 290 g/mol. The SMILES string of the molecule is CCC(C)c1ccc(O)cc1C(=O)OC1(CC)CCCC1. The van der Waals surface area contributed by atoms with E-state index in [9.17, 15) is 9.90 Å². The van der Waals surface area contributed by atoms with Gasteiger partial charge in [-0.05, 0) is 62.1 Å². The highest BCUT2D eigenvalue weighted by atomic mass is 16.6. The average Bonchev–Trinajstić information content (AvgIpc) is 2.95. The molecule has 0 heterocycles. The molecule has 1 aliphatic rings. The van der Waals surface area contributed by atoms with Crippen molar-refractivity contribution in [2.75, 3.05) is 0 Å². The maximum Gasteiger partial charge on any atom is 0.339 e. The molecule has 116 valence electrons. The fourth-order valence-corrected chi connectivity index (χ4v) is 3.17. The minimum atomic E-state index is -0.296. The topological polar surface area (TPSA) is 46.5 Å². The summed E-state index contributed by atoms with van der Waals surface area (Å²) in [6.45, 7) is 6.27. The Kier molecular flexibility index (Phi) is 4.92. The Balaban J connectivity index is 2.27. The standard InChI is InChI=1S/C18H26O3/c1-4-13(3)15-9-8-14(19)12-16(15)17(20)21-18(5-2)10-6-7-11-18/h8-9,12-13,19H,4-7,10-11H2,1-3H3. The Hall–Kier alpha value is -1.51. The van der Waals surface area contributed by atoms with Crippen LogP contribution in [0.2, 0.25) is 0 Å². The molecule has 0 aliphatic heterocycles. The lowest BCUT2D eigenvalue weighted by Gasteiger charge is -2.28. The van der Waals surface area contributed by atoms with Crippen LogP contribution in [0.5, 0.6) is 5.75 Å². The zero-order valence-electron chi connectivity index (χ0n) is 13.3. The molecule has 1 unspecified atom stereocenters. The van der Waals surface area contributed by atoms with E-state index in [1.807, 2.05) is 6.07 Å². The first-order valence-electron chi connectivity index (χ1n) is 8.07. The van der Waals surface area contributed by atoms with Gasteiger partial charge in [-0.3, -0.25) is 0 Å². The maximum absolute atomic E-state index is 12.6. The van der Waals surface area contributed by atoms with Crippen LogP contribution in [0.3, 0.4) is 0 Å². The number of esters is 1. The second kappa shape index (κ2) is 6.50. The van der Waals surface area contributed by atoms with Crippen molar-refractivity contribution >= 4 is 5.97 Å². The molecule has 0 bridgehead atoms. The number of carbonyl (C=O) groups is 1. The molecule has 1 aliphatic carbocycles. The third kappa shape index (κ3) is 3.39. The number of ether oxygens (including phenoxy) is 1. The van der Waals surface area contributed by atoms with Crippen molar-refractivity contribution in [1.29, 1.82) is 0 Å². The summed E-state index contributed by atoms with van der Waals surface area (Å²) in [5.74, 6) is 0.102. The van der Waals surface area contributed by atoms with Crippen LogP contribution in [-0.4, -0.2) is 16.7 Å². The van der Waals surface area contributed by atoms with E-state index in [0.717, 1.165) is 44.1 Å². The molecular weight excluding hydrogens is 264 g/mol. The summed E-state index contributed by atoms with van der Waals surface area (Å²) in [5.41, 5.74) is 1.18. The van der Waals surface area contributed by atoms with Crippen molar-refractivity contribution < 1.29 is 14.6 Å². The van der Waals surface area contributed by atoms with Gasteiger partial charge in [0.15, 0.2) is 0 Å². The van der Waals surface area contributed by atoms with E-state index in [4.69, 9.17) is 4.74 Å². The summed E-state index contributed by atoms with van der Waals surface area (Å²) in [7, 11) is 0. The lowest BCUT2D eigenvalue weighted by atomic mass is 9.93. The number of aromatic hydroxyl groups is 1. The molecule has 1 aromatic rings. The largest absolute Gasteiger partial charge is 0.508 e. The van der Waals surface area contributed by atoms with Crippen LogP contribution in [0.1, 0.15) is 81.1 Å². The van der Waals surface area contributed by atoms with Crippen LogP contribution in [-0.2, 0) is 4.74 Å². The van der Waals surface area contributed by atoms with Gasteiger partial charge in [0.1, 0.15) is 11.4 Å². The number of phenolic OH excluding ortho intramolecular Hbond substituents is 1. The van der Waals surface area contributed by atoms with Crippen molar-refractivity contribution in [3.05, 3.63) is 29.3 Å². The summed E-state index contributed by atoms with van der Waals surface area (Å²) < 4.78 is 5.87. The van der Waals surface area contributed by atoms with E-state index < -0.39 is 0 Å². The smallest absolute Gasteiger partial charge is 0.339 e. The first kappa shape index (κ1) is 15.9. The molecule has 0 spiro atoms. The summed E-state index contributed by atoms with van der Waals surface area (Å²) in [6.07, 6.45) is 5.96. The first-order chi connectivity index (χ1) is 10.0. The molecule has 21 heavy (non-hydrogen) atoms. The van der Waals surface area contributed by atoms with Crippen LogP contribution in [0, 0.1) is 0 Å². The Morgan fingerprint density at radius 1 is 1.33 bits per heavy atom. The molecule has 0 aromatic heterocycles. The quantitative estimate of drug-likeness (QED) is 0.793. The summed E-state index contributed by atoms with van der Waals surface area (Å²) >= 11 is 0. The van der Waals surface area contributed by atoms with Gasteiger partial charge in [-0.15, -0.1) is 0 Å². The van der Waals surface area contributed by atoms with Gasteiger partial charge in [0.25, 0.3) is 0 Å². The van der Waals surface area contributed by atoms with Crippen LogP contribution in [0.4, 0.5) is 0 Å². The molecule has 1 N–H and O–H groups in total. The lowest BCUT2D eigenvalue weighted by Crippen LogP contribution is -2.31. The molecule has 0 radical (unpaired) electrons. The second-order valence-electron chi connectivity index (χ2n) is 6.21. The molecule has 3 nitrogen and oxygen atoms in total. The number of hydrogen-bond donors (Lipinski definition) is 1. The summed E-state index contributed by atoms with van der Waals surface area (Å²) in [6, 6.07) is 5.03. The predicted molar refractivity (Wildman–Crippen MR) is 83.7 cm³/mol. The Morgan fingerprint density at radius 3 is 2.57 bits per heavy atom. The van der Waals surface area contributed by atoms with Gasteiger partial charge in [0.05, 0.1) is 5.56 Å².